The minimum absolute atomic E-state index is 0.144. The second kappa shape index (κ2) is 7.81. The highest BCUT2D eigenvalue weighted by Crippen LogP contribution is 2.35. The standard InChI is InChI=1S/C17H12Br2N2O4S/c1-2-21-15(22)13(8-11-7-12(18)14(19)25-11)26-17(21)20-10-5-3-4-9(6-10)16(23)24/h3-8H,2H2,1H3,(H,23,24)/b13-8-,20-17?. The van der Waals surface area contributed by atoms with Crippen molar-refractivity contribution in [2.45, 2.75) is 6.92 Å². The van der Waals surface area contributed by atoms with E-state index in [1.54, 1.807) is 24.3 Å². The Bertz CT molecular complexity index is 932. The third-order valence-corrected chi connectivity index (χ3v) is 6.18. The number of likely N-dealkylation sites (N-methyl/N-ethyl adjacent to an activating group) is 1. The summed E-state index contributed by atoms with van der Waals surface area (Å²) in [6.07, 6.45) is 1.65. The van der Waals surface area contributed by atoms with Gasteiger partial charge >= 0.3 is 5.97 Å². The van der Waals surface area contributed by atoms with E-state index in [0.29, 0.717) is 32.7 Å². The second-order valence-corrected chi connectivity index (χ2v) is 7.76. The number of carbonyl (C=O) groups excluding carboxylic acids is 1. The molecule has 9 heteroatoms. The Kier molecular flexibility index (Phi) is 5.69. The molecule has 1 amide bonds. The van der Waals surface area contributed by atoms with E-state index >= 15 is 0 Å². The SMILES string of the molecule is CCN1C(=O)/C(=C/c2cc(Br)c(Br)o2)SC1=Nc1cccc(C(=O)O)c1. The molecule has 1 N–H and O–H groups in total. The third kappa shape index (κ3) is 3.94. The quantitative estimate of drug-likeness (QED) is 0.590. The van der Waals surface area contributed by atoms with Crippen LogP contribution < -0.4 is 0 Å². The number of halogens is 2. The Hall–Kier alpha value is -1.84. The van der Waals surface area contributed by atoms with Crippen LogP contribution in [0.25, 0.3) is 6.08 Å². The van der Waals surface area contributed by atoms with Gasteiger partial charge in [0.2, 0.25) is 0 Å². The third-order valence-electron chi connectivity index (χ3n) is 3.46. The van der Waals surface area contributed by atoms with Crippen LogP contribution in [0.3, 0.4) is 0 Å². The number of rotatable bonds is 4. The largest absolute Gasteiger partial charge is 0.478 e. The number of nitrogens with zero attached hydrogens (tertiary/aromatic N) is 2. The van der Waals surface area contributed by atoms with Gasteiger partial charge in [0, 0.05) is 12.6 Å². The maximum Gasteiger partial charge on any atom is 0.335 e. The van der Waals surface area contributed by atoms with Crippen LogP contribution in [-0.4, -0.2) is 33.6 Å². The molecule has 6 nitrogen and oxygen atoms in total. The van der Waals surface area contributed by atoms with Crippen LogP contribution in [0.5, 0.6) is 0 Å². The topological polar surface area (TPSA) is 83.1 Å². The molecule has 1 aromatic heterocycles. The molecule has 134 valence electrons. The first-order valence-electron chi connectivity index (χ1n) is 7.47. The molecular formula is C17H12Br2N2O4S. The average molecular weight is 500 g/mol. The smallest absolute Gasteiger partial charge is 0.335 e. The fourth-order valence-corrected chi connectivity index (χ4v) is 3.90. The number of aromatic carboxylic acids is 1. The van der Waals surface area contributed by atoms with E-state index in [4.69, 9.17) is 9.52 Å². The maximum absolute atomic E-state index is 12.6. The Morgan fingerprint density at radius 1 is 1.38 bits per heavy atom. The van der Waals surface area contributed by atoms with E-state index in [1.807, 2.05) is 6.92 Å². The van der Waals surface area contributed by atoms with E-state index in [9.17, 15) is 9.59 Å². The summed E-state index contributed by atoms with van der Waals surface area (Å²) in [4.78, 5) is 30.2. The Balaban J connectivity index is 1.94. The summed E-state index contributed by atoms with van der Waals surface area (Å²) in [5, 5.41) is 9.59. The summed E-state index contributed by atoms with van der Waals surface area (Å²) in [5.41, 5.74) is 0.619. The fourth-order valence-electron chi connectivity index (χ4n) is 2.25. The molecule has 1 aliphatic heterocycles. The van der Waals surface area contributed by atoms with Crippen molar-refractivity contribution in [1.82, 2.24) is 4.90 Å². The molecule has 0 spiro atoms. The molecule has 26 heavy (non-hydrogen) atoms. The number of amides is 1. The molecule has 0 radical (unpaired) electrons. The predicted molar refractivity (Wildman–Crippen MR) is 108 cm³/mol. The first kappa shape index (κ1) is 18.9. The van der Waals surface area contributed by atoms with E-state index in [0.717, 1.165) is 4.47 Å². The van der Waals surface area contributed by atoms with Gasteiger partial charge in [-0.05, 0) is 74.8 Å². The lowest BCUT2D eigenvalue weighted by Gasteiger charge is -2.12. The Morgan fingerprint density at radius 2 is 2.15 bits per heavy atom. The lowest BCUT2D eigenvalue weighted by molar-refractivity contribution is -0.122. The monoisotopic (exact) mass is 498 g/mol. The molecule has 1 aliphatic rings. The fraction of sp³-hybridized carbons (Fsp3) is 0.118. The average Bonchev–Trinajstić information content (AvgIpc) is 3.07. The van der Waals surface area contributed by atoms with E-state index < -0.39 is 5.97 Å². The molecular weight excluding hydrogens is 488 g/mol. The number of furan rings is 1. The van der Waals surface area contributed by atoms with Crippen LogP contribution in [0.4, 0.5) is 5.69 Å². The van der Waals surface area contributed by atoms with Gasteiger partial charge in [-0.3, -0.25) is 9.69 Å². The number of benzene rings is 1. The summed E-state index contributed by atoms with van der Waals surface area (Å²) in [5.74, 6) is -0.664. The normalized spacial score (nSPS) is 17.5. The van der Waals surface area contributed by atoms with Crippen LogP contribution in [0.1, 0.15) is 23.0 Å². The van der Waals surface area contributed by atoms with Gasteiger partial charge in [0.15, 0.2) is 9.84 Å². The summed E-state index contributed by atoms with van der Waals surface area (Å²) in [6, 6.07) is 8.04. The van der Waals surface area contributed by atoms with Gasteiger partial charge in [0.25, 0.3) is 5.91 Å². The molecule has 0 bridgehead atoms. The zero-order valence-electron chi connectivity index (χ0n) is 13.4. The minimum atomic E-state index is -1.02. The van der Waals surface area contributed by atoms with Crippen molar-refractivity contribution >= 4 is 72.4 Å². The molecule has 1 saturated heterocycles. The van der Waals surface area contributed by atoms with Crippen molar-refractivity contribution in [2.24, 2.45) is 4.99 Å². The van der Waals surface area contributed by atoms with E-state index in [2.05, 4.69) is 36.9 Å². The first-order chi connectivity index (χ1) is 12.4. The van der Waals surface area contributed by atoms with Gasteiger partial charge in [0.05, 0.1) is 20.6 Å². The number of carboxylic acids is 1. The van der Waals surface area contributed by atoms with Crippen LogP contribution in [-0.2, 0) is 4.79 Å². The second-order valence-electron chi connectivity index (χ2n) is 5.18. The van der Waals surface area contributed by atoms with Gasteiger partial charge < -0.3 is 9.52 Å². The molecule has 0 saturated carbocycles. The van der Waals surface area contributed by atoms with Crippen molar-refractivity contribution in [3.63, 3.8) is 0 Å². The first-order valence-corrected chi connectivity index (χ1v) is 9.87. The van der Waals surface area contributed by atoms with Gasteiger partial charge in [-0.2, -0.15) is 0 Å². The number of hydrogen-bond donors (Lipinski definition) is 1. The number of hydrogen-bond acceptors (Lipinski definition) is 5. The van der Waals surface area contributed by atoms with Crippen LogP contribution >= 0.6 is 43.6 Å². The van der Waals surface area contributed by atoms with Crippen molar-refractivity contribution in [2.75, 3.05) is 6.54 Å². The van der Waals surface area contributed by atoms with Gasteiger partial charge in [-0.25, -0.2) is 9.79 Å². The van der Waals surface area contributed by atoms with E-state index in [-0.39, 0.29) is 11.5 Å². The highest BCUT2D eigenvalue weighted by atomic mass is 79.9. The zero-order valence-corrected chi connectivity index (χ0v) is 17.4. The molecule has 0 unspecified atom stereocenters. The van der Waals surface area contributed by atoms with Crippen LogP contribution in [0.15, 0.2) is 53.8 Å². The van der Waals surface area contributed by atoms with Crippen molar-refractivity contribution in [1.29, 1.82) is 0 Å². The number of carbonyl (C=O) groups is 2. The lowest BCUT2D eigenvalue weighted by atomic mass is 10.2. The lowest BCUT2D eigenvalue weighted by Crippen LogP contribution is -2.28. The minimum Gasteiger partial charge on any atom is -0.478 e. The van der Waals surface area contributed by atoms with Gasteiger partial charge in [-0.15, -0.1) is 0 Å². The summed E-state index contributed by atoms with van der Waals surface area (Å²) >= 11 is 7.82. The highest BCUT2D eigenvalue weighted by molar-refractivity contribution is 9.13. The molecule has 1 aromatic carbocycles. The molecule has 0 aliphatic carbocycles. The maximum atomic E-state index is 12.6. The van der Waals surface area contributed by atoms with Crippen molar-refractivity contribution in [3.8, 4) is 0 Å². The molecule has 0 atom stereocenters. The van der Waals surface area contributed by atoms with E-state index in [1.165, 1.54) is 28.8 Å². The van der Waals surface area contributed by atoms with Crippen LogP contribution in [0, 0.1) is 0 Å². The number of aliphatic imine (C=N–C) groups is 1. The van der Waals surface area contributed by atoms with Gasteiger partial charge in [0.1, 0.15) is 5.76 Å². The summed E-state index contributed by atoms with van der Waals surface area (Å²) in [6.45, 7) is 2.30. The van der Waals surface area contributed by atoms with Gasteiger partial charge in [-0.1, -0.05) is 6.07 Å². The number of thioether (sulfide) groups is 1. The highest BCUT2D eigenvalue weighted by Gasteiger charge is 2.32. The summed E-state index contributed by atoms with van der Waals surface area (Å²) < 4.78 is 6.80. The van der Waals surface area contributed by atoms with Crippen LogP contribution in [0.2, 0.25) is 0 Å². The molecule has 3 rings (SSSR count). The Labute approximate surface area is 170 Å². The molecule has 2 heterocycles. The predicted octanol–water partition coefficient (Wildman–Crippen LogP) is 5.13. The molecule has 1 fully saturated rings. The van der Waals surface area contributed by atoms with Crippen molar-refractivity contribution in [3.05, 3.63) is 55.7 Å². The number of amidine groups is 1. The van der Waals surface area contributed by atoms with Crippen molar-refractivity contribution < 1.29 is 19.1 Å². The number of carboxylic acid groups (broad SMARTS) is 1. The summed E-state index contributed by atoms with van der Waals surface area (Å²) in [7, 11) is 0. The zero-order chi connectivity index (χ0) is 18.8. The Morgan fingerprint density at radius 3 is 2.77 bits per heavy atom. The molecule has 2 aromatic rings.